The van der Waals surface area contributed by atoms with Crippen molar-refractivity contribution in [1.82, 2.24) is 4.90 Å². The van der Waals surface area contributed by atoms with E-state index in [1.165, 1.54) is 11.3 Å². The number of nitrogens with zero attached hydrogens (tertiary/aromatic N) is 1. The van der Waals surface area contributed by atoms with Gasteiger partial charge in [0.25, 0.3) is 0 Å². The molecule has 1 aromatic carbocycles. The van der Waals surface area contributed by atoms with E-state index in [2.05, 4.69) is 5.32 Å². The minimum absolute atomic E-state index is 0.145. The quantitative estimate of drug-likeness (QED) is 0.841. The summed E-state index contributed by atoms with van der Waals surface area (Å²) in [6.07, 6.45) is 5.30. The lowest BCUT2D eigenvalue weighted by Gasteiger charge is -2.30. The summed E-state index contributed by atoms with van der Waals surface area (Å²) in [7, 11) is 1.68. The summed E-state index contributed by atoms with van der Waals surface area (Å²) in [5.74, 6) is -1.23. The molecule has 0 aliphatic heterocycles. The molecule has 0 radical (unpaired) electrons. The fourth-order valence-corrected chi connectivity index (χ4v) is 2.92. The van der Waals surface area contributed by atoms with Gasteiger partial charge in [0, 0.05) is 13.1 Å². The normalized spacial score (nSPS) is 15.6. The van der Waals surface area contributed by atoms with Crippen LogP contribution in [-0.2, 0) is 9.59 Å². The van der Waals surface area contributed by atoms with E-state index in [1.54, 1.807) is 25.2 Å². The number of carbonyl (C=O) groups is 2. The third-order valence-corrected chi connectivity index (χ3v) is 4.66. The molecule has 1 saturated carbocycles. The molecule has 21 heavy (non-hydrogen) atoms. The highest BCUT2D eigenvalue weighted by Gasteiger charge is 2.27. The van der Waals surface area contributed by atoms with Crippen molar-refractivity contribution in [2.24, 2.45) is 0 Å². The van der Waals surface area contributed by atoms with E-state index in [9.17, 15) is 9.59 Å². The number of likely N-dealkylation sites (N-methyl/N-ethyl adjacent to an activating group) is 1. The highest BCUT2D eigenvalue weighted by atomic mass is 35.5. The summed E-state index contributed by atoms with van der Waals surface area (Å²) in [6.45, 7) is 0. The molecule has 0 aromatic heterocycles. The molecule has 0 heterocycles. The van der Waals surface area contributed by atoms with E-state index in [4.69, 9.17) is 23.2 Å². The molecule has 0 atom stereocenters. The van der Waals surface area contributed by atoms with Crippen LogP contribution < -0.4 is 5.32 Å². The van der Waals surface area contributed by atoms with E-state index in [-0.39, 0.29) is 11.1 Å². The zero-order chi connectivity index (χ0) is 15.4. The van der Waals surface area contributed by atoms with Gasteiger partial charge in [-0.3, -0.25) is 9.59 Å². The number of halogens is 2. The fraction of sp³-hybridized carbons (Fsp3) is 0.467. The van der Waals surface area contributed by atoms with Gasteiger partial charge in [-0.1, -0.05) is 48.5 Å². The van der Waals surface area contributed by atoms with Crippen molar-refractivity contribution < 1.29 is 9.59 Å². The van der Waals surface area contributed by atoms with E-state index < -0.39 is 11.8 Å². The number of nitrogens with one attached hydrogen (secondary N) is 1. The SMILES string of the molecule is CN(C(=O)C(=O)Nc1cccc(Cl)c1Cl)C1CCCCC1. The van der Waals surface area contributed by atoms with Crippen LogP contribution in [0.25, 0.3) is 0 Å². The van der Waals surface area contributed by atoms with Crippen LogP contribution in [0.3, 0.4) is 0 Å². The molecule has 0 saturated heterocycles. The zero-order valence-corrected chi connectivity index (χ0v) is 13.4. The van der Waals surface area contributed by atoms with Crippen LogP contribution in [-0.4, -0.2) is 29.8 Å². The van der Waals surface area contributed by atoms with Crippen LogP contribution in [0.2, 0.25) is 10.0 Å². The van der Waals surface area contributed by atoms with Crippen LogP contribution in [0.15, 0.2) is 18.2 Å². The molecule has 1 aliphatic rings. The summed E-state index contributed by atoms with van der Waals surface area (Å²) in [4.78, 5) is 25.8. The first-order chi connectivity index (χ1) is 10.0. The van der Waals surface area contributed by atoms with Gasteiger partial charge in [-0.25, -0.2) is 0 Å². The summed E-state index contributed by atoms with van der Waals surface area (Å²) in [5.41, 5.74) is 0.347. The lowest BCUT2D eigenvalue weighted by atomic mass is 9.94. The molecule has 2 amide bonds. The predicted molar refractivity (Wildman–Crippen MR) is 84.7 cm³/mol. The number of amides is 2. The second-order valence-corrected chi connectivity index (χ2v) is 6.05. The Bertz CT molecular complexity index is 542. The van der Waals surface area contributed by atoms with Crippen molar-refractivity contribution in [2.75, 3.05) is 12.4 Å². The van der Waals surface area contributed by atoms with Crippen LogP contribution in [0.1, 0.15) is 32.1 Å². The molecule has 0 spiro atoms. The number of hydrogen-bond acceptors (Lipinski definition) is 2. The summed E-state index contributed by atoms with van der Waals surface area (Å²) in [6, 6.07) is 5.04. The standard InChI is InChI=1S/C15H18Cl2N2O2/c1-19(10-6-3-2-4-7-10)15(21)14(20)18-12-9-5-8-11(16)13(12)17/h5,8-10H,2-4,6-7H2,1H3,(H,18,20). The van der Waals surface area contributed by atoms with Crippen LogP contribution in [0.5, 0.6) is 0 Å². The van der Waals surface area contributed by atoms with Crippen molar-refractivity contribution in [3.8, 4) is 0 Å². The monoisotopic (exact) mass is 328 g/mol. The Kier molecular flexibility index (Phi) is 5.48. The van der Waals surface area contributed by atoms with Gasteiger partial charge < -0.3 is 10.2 Å². The minimum atomic E-state index is -0.688. The number of carbonyl (C=O) groups excluding carboxylic acids is 2. The molecule has 1 N–H and O–H groups in total. The first-order valence-corrected chi connectivity index (χ1v) is 7.78. The van der Waals surface area contributed by atoms with Gasteiger partial charge in [-0.15, -0.1) is 0 Å². The smallest absolute Gasteiger partial charge is 0.313 e. The second-order valence-electron chi connectivity index (χ2n) is 5.26. The third-order valence-electron chi connectivity index (χ3n) is 3.84. The topological polar surface area (TPSA) is 49.4 Å². The number of anilines is 1. The molecule has 0 bridgehead atoms. The number of rotatable bonds is 2. The van der Waals surface area contributed by atoms with Crippen molar-refractivity contribution in [2.45, 2.75) is 38.1 Å². The van der Waals surface area contributed by atoms with E-state index in [0.717, 1.165) is 25.7 Å². The Labute approximate surface area is 134 Å². The lowest BCUT2D eigenvalue weighted by Crippen LogP contribution is -2.44. The maximum Gasteiger partial charge on any atom is 0.313 e. The van der Waals surface area contributed by atoms with Gasteiger partial charge in [0.15, 0.2) is 0 Å². The minimum Gasteiger partial charge on any atom is -0.335 e. The largest absolute Gasteiger partial charge is 0.335 e. The van der Waals surface area contributed by atoms with Gasteiger partial charge in [0.05, 0.1) is 15.7 Å². The molecule has 1 fully saturated rings. The predicted octanol–water partition coefficient (Wildman–Crippen LogP) is 3.72. The number of benzene rings is 1. The van der Waals surface area contributed by atoms with Crippen molar-refractivity contribution in [1.29, 1.82) is 0 Å². The Morgan fingerprint density at radius 3 is 2.52 bits per heavy atom. The molecule has 1 aliphatic carbocycles. The molecule has 0 unspecified atom stereocenters. The molecular formula is C15H18Cl2N2O2. The summed E-state index contributed by atoms with van der Waals surface area (Å²) in [5, 5.41) is 3.10. The van der Waals surface area contributed by atoms with Crippen LogP contribution in [0, 0.1) is 0 Å². The molecule has 6 heteroatoms. The molecule has 114 valence electrons. The first-order valence-electron chi connectivity index (χ1n) is 7.03. The Balaban J connectivity index is 2.02. The fourth-order valence-electron chi connectivity index (χ4n) is 2.57. The van der Waals surface area contributed by atoms with Gasteiger partial charge in [0.2, 0.25) is 0 Å². The summed E-state index contributed by atoms with van der Waals surface area (Å²) < 4.78 is 0. The van der Waals surface area contributed by atoms with Crippen LogP contribution in [0.4, 0.5) is 5.69 Å². The maximum absolute atomic E-state index is 12.2. The molecule has 4 nitrogen and oxygen atoms in total. The van der Waals surface area contributed by atoms with Gasteiger partial charge in [0.1, 0.15) is 0 Å². The lowest BCUT2D eigenvalue weighted by molar-refractivity contribution is -0.144. The average molecular weight is 329 g/mol. The van der Waals surface area contributed by atoms with Crippen LogP contribution >= 0.6 is 23.2 Å². The average Bonchev–Trinajstić information content (AvgIpc) is 2.51. The summed E-state index contributed by atoms with van der Waals surface area (Å²) >= 11 is 11.9. The van der Waals surface area contributed by atoms with Gasteiger partial charge in [-0.2, -0.15) is 0 Å². The van der Waals surface area contributed by atoms with Crippen molar-refractivity contribution in [3.63, 3.8) is 0 Å². The Morgan fingerprint density at radius 1 is 1.19 bits per heavy atom. The van der Waals surface area contributed by atoms with E-state index >= 15 is 0 Å². The molecule has 2 rings (SSSR count). The van der Waals surface area contributed by atoms with Gasteiger partial charge in [-0.05, 0) is 25.0 Å². The highest BCUT2D eigenvalue weighted by molar-refractivity contribution is 6.45. The second kappa shape index (κ2) is 7.14. The zero-order valence-electron chi connectivity index (χ0n) is 11.9. The van der Waals surface area contributed by atoms with Crippen molar-refractivity contribution in [3.05, 3.63) is 28.2 Å². The molecular weight excluding hydrogens is 311 g/mol. The third kappa shape index (κ3) is 3.89. The van der Waals surface area contributed by atoms with E-state index in [0.29, 0.717) is 10.7 Å². The highest BCUT2D eigenvalue weighted by Crippen LogP contribution is 2.29. The van der Waals surface area contributed by atoms with E-state index in [1.807, 2.05) is 0 Å². The molecule has 1 aromatic rings. The Hall–Kier alpha value is -1.26. The first kappa shape index (κ1) is 16.1. The number of hydrogen-bond donors (Lipinski definition) is 1. The maximum atomic E-state index is 12.2. The van der Waals surface area contributed by atoms with Crippen molar-refractivity contribution >= 4 is 40.7 Å². The Morgan fingerprint density at radius 2 is 1.86 bits per heavy atom. The van der Waals surface area contributed by atoms with Gasteiger partial charge >= 0.3 is 11.8 Å².